The Morgan fingerprint density at radius 2 is 2.50 bits per heavy atom. The highest BCUT2D eigenvalue weighted by molar-refractivity contribution is 7.10. The van der Waals surface area contributed by atoms with Gasteiger partial charge in [0.15, 0.2) is 5.82 Å². The van der Waals surface area contributed by atoms with Gasteiger partial charge < -0.3 is 14.9 Å². The number of aryl methyl sites for hydroxylation is 1. The first kappa shape index (κ1) is 11.3. The second kappa shape index (κ2) is 5.20. The molecule has 2 aromatic heterocycles. The van der Waals surface area contributed by atoms with Gasteiger partial charge in [-0.2, -0.15) is 4.98 Å². The van der Waals surface area contributed by atoms with Gasteiger partial charge in [-0.25, -0.2) is 0 Å². The van der Waals surface area contributed by atoms with Crippen molar-refractivity contribution in [2.24, 2.45) is 0 Å². The number of rotatable bonds is 5. The molecule has 2 rings (SSSR count). The van der Waals surface area contributed by atoms with Crippen LogP contribution in [0.3, 0.4) is 0 Å². The van der Waals surface area contributed by atoms with Gasteiger partial charge in [0.05, 0.1) is 6.54 Å². The van der Waals surface area contributed by atoms with Gasteiger partial charge >= 0.3 is 0 Å². The molecule has 1 unspecified atom stereocenters. The van der Waals surface area contributed by atoms with E-state index in [1.165, 1.54) is 0 Å². The molecule has 0 saturated heterocycles. The number of nitrogens with zero attached hydrogens (tertiary/aromatic N) is 2. The number of nitrogens with one attached hydrogen (secondary N) is 1. The lowest BCUT2D eigenvalue weighted by Crippen LogP contribution is -2.21. The van der Waals surface area contributed by atoms with Gasteiger partial charge in [0, 0.05) is 18.3 Å². The highest BCUT2D eigenvalue weighted by Crippen LogP contribution is 2.17. The molecule has 86 valence electrons. The Balaban J connectivity index is 1.76. The summed E-state index contributed by atoms with van der Waals surface area (Å²) in [5.41, 5.74) is 0. The highest BCUT2D eigenvalue weighted by atomic mass is 32.1. The molecule has 2 aromatic rings. The molecule has 0 bridgehead atoms. The van der Waals surface area contributed by atoms with Crippen LogP contribution < -0.4 is 5.32 Å². The summed E-state index contributed by atoms with van der Waals surface area (Å²) in [7, 11) is 0. The lowest BCUT2D eigenvalue weighted by Gasteiger charge is -2.08. The second-order valence-corrected chi connectivity index (χ2v) is 4.37. The van der Waals surface area contributed by atoms with Crippen LogP contribution >= 0.6 is 11.3 Å². The zero-order valence-electron chi connectivity index (χ0n) is 8.88. The summed E-state index contributed by atoms with van der Waals surface area (Å²) < 4.78 is 4.83. The fraction of sp³-hybridized carbons (Fsp3) is 0.400. The minimum Gasteiger partial charge on any atom is -0.386 e. The average Bonchev–Trinajstić information content (AvgIpc) is 2.89. The molecular weight excluding hydrogens is 226 g/mol. The molecule has 1 atom stereocenters. The van der Waals surface area contributed by atoms with E-state index in [2.05, 4.69) is 15.5 Å². The number of aliphatic hydroxyl groups excluding tert-OH is 1. The van der Waals surface area contributed by atoms with Crippen molar-refractivity contribution in [1.82, 2.24) is 15.5 Å². The monoisotopic (exact) mass is 239 g/mol. The Morgan fingerprint density at radius 1 is 1.62 bits per heavy atom. The number of aromatic nitrogens is 2. The minimum absolute atomic E-state index is 0.479. The third-order valence-electron chi connectivity index (χ3n) is 2.06. The van der Waals surface area contributed by atoms with Gasteiger partial charge in [-0.1, -0.05) is 11.2 Å². The largest absolute Gasteiger partial charge is 0.386 e. The summed E-state index contributed by atoms with van der Waals surface area (Å²) in [4.78, 5) is 5.01. The molecule has 16 heavy (non-hydrogen) atoms. The Bertz CT molecular complexity index is 427. The van der Waals surface area contributed by atoms with Gasteiger partial charge in [0.1, 0.15) is 6.10 Å². The van der Waals surface area contributed by atoms with Crippen molar-refractivity contribution in [3.8, 4) is 0 Å². The summed E-state index contributed by atoms with van der Waals surface area (Å²) >= 11 is 1.54. The molecule has 2 N–H and O–H groups in total. The van der Waals surface area contributed by atoms with E-state index in [0.29, 0.717) is 24.8 Å². The molecule has 5 nitrogen and oxygen atoms in total. The summed E-state index contributed by atoms with van der Waals surface area (Å²) in [6, 6.07) is 3.83. The normalized spacial score (nSPS) is 12.9. The predicted octanol–water partition coefficient (Wildman–Crippen LogP) is 1.26. The number of hydrogen-bond acceptors (Lipinski definition) is 6. The van der Waals surface area contributed by atoms with Crippen molar-refractivity contribution in [3.05, 3.63) is 34.1 Å². The van der Waals surface area contributed by atoms with Crippen LogP contribution in [0.25, 0.3) is 0 Å². The fourth-order valence-electron chi connectivity index (χ4n) is 1.32. The van der Waals surface area contributed by atoms with Crippen molar-refractivity contribution >= 4 is 11.3 Å². The van der Waals surface area contributed by atoms with Crippen LogP contribution in [-0.2, 0) is 6.54 Å². The maximum absolute atomic E-state index is 9.78. The van der Waals surface area contributed by atoms with Crippen molar-refractivity contribution < 1.29 is 9.63 Å². The molecule has 2 heterocycles. The molecule has 0 aliphatic heterocycles. The van der Waals surface area contributed by atoms with Crippen LogP contribution in [0.2, 0.25) is 0 Å². The minimum atomic E-state index is -0.479. The topological polar surface area (TPSA) is 71.2 Å². The Kier molecular flexibility index (Phi) is 3.66. The quantitative estimate of drug-likeness (QED) is 0.822. The maximum Gasteiger partial charge on any atom is 0.223 e. The van der Waals surface area contributed by atoms with Crippen LogP contribution in [0, 0.1) is 6.92 Å². The van der Waals surface area contributed by atoms with E-state index in [-0.39, 0.29) is 0 Å². The van der Waals surface area contributed by atoms with E-state index < -0.39 is 6.10 Å². The van der Waals surface area contributed by atoms with Gasteiger partial charge in [-0.05, 0) is 11.4 Å². The van der Waals surface area contributed by atoms with Gasteiger partial charge in [0.2, 0.25) is 5.89 Å². The Labute approximate surface area is 97.1 Å². The molecule has 0 spiro atoms. The Morgan fingerprint density at radius 3 is 3.12 bits per heavy atom. The average molecular weight is 239 g/mol. The van der Waals surface area contributed by atoms with Gasteiger partial charge in [-0.3, -0.25) is 0 Å². The van der Waals surface area contributed by atoms with E-state index in [1.807, 2.05) is 17.5 Å². The number of thiophene rings is 1. The molecular formula is C10H13N3O2S. The first-order valence-corrected chi connectivity index (χ1v) is 5.85. The molecule has 0 amide bonds. The van der Waals surface area contributed by atoms with Crippen molar-refractivity contribution in [2.75, 3.05) is 6.54 Å². The van der Waals surface area contributed by atoms with E-state index in [1.54, 1.807) is 18.3 Å². The highest BCUT2D eigenvalue weighted by Gasteiger charge is 2.08. The van der Waals surface area contributed by atoms with Crippen molar-refractivity contribution in [2.45, 2.75) is 19.6 Å². The van der Waals surface area contributed by atoms with E-state index in [9.17, 15) is 5.11 Å². The summed E-state index contributed by atoms with van der Waals surface area (Å²) in [5.74, 6) is 1.16. The predicted molar refractivity (Wildman–Crippen MR) is 60.0 cm³/mol. The fourth-order valence-corrected chi connectivity index (χ4v) is 2.03. The van der Waals surface area contributed by atoms with Crippen molar-refractivity contribution in [1.29, 1.82) is 0 Å². The molecule has 0 saturated carbocycles. The smallest absolute Gasteiger partial charge is 0.223 e. The zero-order chi connectivity index (χ0) is 11.4. The second-order valence-electron chi connectivity index (χ2n) is 3.39. The first-order chi connectivity index (χ1) is 7.75. The molecule has 0 aliphatic carbocycles. The van der Waals surface area contributed by atoms with Crippen LogP contribution in [0.4, 0.5) is 0 Å². The van der Waals surface area contributed by atoms with E-state index >= 15 is 0 Å². The van der Waals surface area contributed by atoms with Crippen LogP contribution in [-0.4, -0.2) is 21.8 Å². The summed E-state index contributed by atoms with van der Waals surface area (Å²) in [5, 5.41) is 18.5. The van der Waals surface area contributed by atoms with Gasteiger partial charge in [-0.15, -0.1) is 11.3 Å². The standard InChI is InChI=1S/C10H13N3O2S/c1-7-12-10(13-15-7)6-11-5-8(14)9-3-2-4-16-9/h2-4,8,11,14H,5-6H2,1H3. The lowest BCUT2D eigenvalue weighted by molar-refractivity contribution is 0.177. The van der Waals surface area contributed by atoms with Crippen LogP contribution in [0.15, 0.2) is 22.0 Å². The molecule has 0 fully saturated rings. The third kappa shape index (κ3) is 2.88. The van der Waals surface area contributed by atoms with E-state index in [4.69, 9.17) is 4.52 Å². The van der Waals surface area contributed by atoms with Crippen molar-refractivity contribution in [3.63, 3.8) is 0 Å². The SMILES string of the molecule is Cc1nc(CNCC(O)c2cccs2)no1. The molecule has 0 aromatic carbocycles. The van der Waals surface area contributed by atoms with Crippen LogP contribution in [0.1, 0.15) is 22.7 Å². The zero-order valence-corrected chi connectivity index (χ0v) is 9.70. The Hall–Kier alpha value is -1.24. The van der Waals surface area contributed by atoms with Crippen LogP contribution in [0.5, 0.6) is 0 Å². The maximum atomic E-state index is 9.78. The van der Waals surface area contributed by atoms with E-state index in [0.717, 1.165) is 4.88 Å². The molecule has 0 aliphatic rings. The molecule has 6 heteroatoms. The van der Waals surface area contributed by atoms with Gasteiger partial charge in [0.25, 0.3) is 0 Å². The number of hydrogen-bond donors (Lipinski definition) is 2. The summed E-state index contributed by atoms with van der Waals surface area (Å²) in [6.07, 6.45) is -0.479. The third-order valence-corrected chi connectivity index (χ3v) is 3.04. The number of aliphatic hydroxyl groups is 1. The first-order valence-electron chi connectivity index (χ1n) is 4.97. The lowest BCUT2D eigenvalue weighted by atomic mass is 10.3. The summed E-state index contributed by atoms with van der Waals surface area (Å²) in [6.45, 7) is 2.73. The molecule has 0 radical (unpaired) electrons.